The van der Waals surface area contributed by atoms with Gasteiger partial charge in [-0.15, -0.1) is 0 Å². The number of carbonyl (C=O) groups excluding carboxylic acids is 2. The fraction of sp³-hybridized carbons (Fsp3) is 0.160. The van der Waals surface area contributed by atoms with Gasteiger partial charge in [0.2, 0.25) is 0 Å². The Bertz CT molecular complexity index is 1190. The van der Waals surface area contributed by atoms with Crippen molar-refractivity contribution in [3.63, 3.8) is 0 Å². The summed E-state index contributed by atoms with van der Waals surface area (Å²) in [5, 5.41) is 3.74. The standard InChI is InChI=1S/C25H22ClN3O3/c1-3-32-19-12-10-17(11-13-19)22-23(28-21-9-6-8-20(26)16(21)2)25(31)29(24(22)30)15-18-7-4-5-14-27-18/h4-14,28H,3,15H2,1-2H3. The molecule has 3 aromatic rings. The molecule has 162 valence electrons. The van der Waals surface area contributed by atoms with Gasteiger partial charge in [-0.05, 0) is 61.4 Å². The summed E-state index contributed by atoms with van der Waals surface area (Å²) in [5.41, 5.74) is 3.21. The first-order valence-electron chi connectivity index (χ1n) is 10.2. The highest BCUT2D eigenvalue weighted by Crippen LogP contribution is 2.33. The maximum absolute atomic E-state index is 13.4. The maximum atomic E-state index is 13.4. The van der Waals surface area contributed by atoms with E-state index in [1.165, 1.54) is 4.90 Å². The summed E-state index contributed by atoms with van der Waals surface area (Å²) in [6.07, 6.45) is 1.63. The number of nitrogens with one attached hydrogen (secondary N) is 1. The van der Waals surface area contributed by atoms with Gasteiger partial charge < -0.3 is 10.1 Å². The van der Waals surface area contributed by atoms with Gasteiger partial charge in [0, 0.05) is 16.9 Å². The summed E-state index contributed by atoms with van der Waals surface area (Å²) >= 11 is 6.26. The Morgan fingerprint density at radius 2 is 1.78 bits per heavy atom. The number of pyridine rings is 1. The molecular weight excluding hydrogens is 426 g/mol. The van der Waals surface area contributed by atoms with Crippen molar-refractivity contribution in [2.75, 3.05) is 11.9 Å². The molecule has 7 heteroatoms. The topological polar surface area (TPSA) is 71.5 Å². The first-order chi connectivity index (χ1) is 15.5. The zero-order valence-corrected chi connectivity index (χ0v) is 18.5. The summed E-state index contributed by atoms with van der Waals surface area (Å²) in [7, 11) is 0. The van der Waals surface area contributed by atoms with E-state index in [0.717, 1.165) is 5.56 Å². The van der Waals surface area contributed by atoms with Crippen LogP contribution in [-0.2, 0) is 16.1 Å². The third-order valence-corrected chi connectivity index (χ3v) is 5.61. The first kappa shape index (κ1) is 21.6. The zero-order chi connectivity index (χ0) is 22.7. The van der Waals surface area contributed by atoms with Gasteiger partial charge in [-0.1, -0.05) is 35.9 Å². The lowest BCUT2D eigenvalue weighted by Gasteiger charge is -2.15. The van der Waals surface area contributed by atoms with E-state index in [4.69, 9.17) is 16.3 Å². The monoisotopic (exact) mass is 447 g/mol. The largest absolute Gasteiger partial charge is 0.494 e. The molecule has 0 radical (unpaired) electrons. The van der Waals surface area contributed by atoms with E-state index in [1.54, 1.807) is 54.7 Å². The van der Waals surface area contributed by atoms with Gasteiger partial charge in [-0.25, -0.2) is 0 Å². The molecule has 1 aromatic heterocycles. The number of halogens is 1. The molecule has 0 saturated heterocycles. The fourth-order valence-corrected chi connectivity index (χ4v) is 3.69. The molecule has 0 saturated carbocycles. The minimum atomic E-state index is -0.413. The summed E-state index contributed by atoms with van der Waals surface area (Å²) in [6.45, 7) is 4.38. The average molecular weight is 448 g/mol. The van der Waals surface area contributed by atoms with E-state index in [2.05, 4.69) is 10.3 Å². The second kappa shape index (κ2) is 9.24. The number of benzene rings is 2. The van der Waals surface area contributed by atoms with Crippen LogP contribution in [0.15, 0.2) is 72.6 Å². The van der Waals surface area contributed by atoms with E-state index in [9.17, 15) is 9.59 Å². The fourth-order valence-electron chi connectivity index (χ4n) is 3.52. The molecule has 0 atom stereocenters. The van der Waals surface area contributed by atoms with Crippen LogP contribution in [0, 0.1) is 6.92 Å². The minimum Gasteiger partial charge on any atom is -0.494 e. The van der Waals surface area contributed by atoms with E-state index in [0.29, 0.717) is 39.9 Å². The molecule has 4 rings (SSSR count). The number of nitrogens with zero attached hydrogens (tertiary/aromatic N) is 2. The van der Waals surface area contributed by atoms with Gasteiger partial charge in [-0.3, -0.25) is 19.5 Å². The van der Waals surface area contributed by atoms with Crippen LogP contribution in [0.2, 0.25) is 5.02 Å². The zero-order valence-electron chi connectivity index (χ0n) is 17.8. The van der Waals surface area contributed by atoms with Crippen LogP contribution in [0.5, 0.6) is 5.75 Å². The lowest BCUT2D eigenvalue weighted by atomic mass is 10.0. The molecule has 6 nitrogen and oxygen atoms in total. The Kier molecular flexibility index (Phi) is 6.23. The van der Waals surface area contributed by atoms with Crippen molar-refractivity contribution in [3.8, 4) is 5.75 Å². The number of hydrogen-bond acceptors (Lipinski definition) is 5. The van der Waals surface area contributed by atoms with Crippen LogP contribution < -0.4 is 10.1 Å². The molecule has 2 heterocycles. The normalized spacial score (nSPS) is 13.7. The quantitative estimate of drug-likeness (QED) is 0.525. The molecule has 32 heavy (non-hydrogen) atoms. The summed E-state index contributed by atoms with van der Waals surface area (Å²) in [5.74, 6) is -0.102. The summed E-state index contributed by atoms with van der Waals surface area (Å²) in [4.78, 5) is 32.2. The van der Waals surface area contributed by atoms with Crippen molar-refractivity contribution < 1.29 is 14.3 Å². The number of ether oxygens (including phenoxy) is 1. The number of carbonyl (C=O) groups is 2. The lowest BCUT2D eigenvalue weighted by Crippen LogP contribution is -2.32. The number of rotatable bonds is 7. The molecule has 2 aromatic carbocycles. The highest BCUT2D eigenvalue weighted by Gasteiger charge is 2.39. The predicted octanol–water partition coefficient (Wildman–Crippen LogP) is 4.83. The Morgan fingerprint density at radius 1 is 1.00 bits per heavy atom. The van der Waals surface area contributed by atoms with E-state index < -0.39 is 5.91 Å². The molecule has 1 N–H and O–H groups in total. The molecule has 0 aliphatic carbocycles. The molecule has 1 aliphatic heterocycles. The van der Waals surface area contributed by atoms with Gasteiger partial charge in [0.15, 0.2) is 0 Å². The number of hydrogen-bond donors (Lipinski definition) is 1. The van der Waals surface area contributed by atoms with E-state index >= 15 is 0 Å². The molecule has 0 unspecified atom stereocenters. The third kappa shape index (κ3) is 4.22. The van der Waals surface area contributed by atoms with Gasteiger partial charge in [0.1, 0.15) is 11.4 Å². The number of amides is 2. The molecule has 0 bridgehead atoms. The van der Waals surface area contributed by atoms with E-state index in [-0.39, 0.29) is 18.1 Å². The molecule has 0 fully saturated rings. The Labute approximate surface area is 191 Å². The lowest BCUT2D eigenvalue weighted by molar-refractivity contribution is -0.137. The predicted molar refractivity (Wildman–Crippen MR) is 124 cm³/mol. The Hall–Kier alpha value is -3.64. The van der Waals surface area contributed by atoms with Crippen molar-refractivity contribution >= 4 is 34.7 Å². The highest BCUT2D eigenvalue weighted by atomic mass is 35.5. The van der Waals surface area contributed by atoms with Crippen LogP contribution in [0.4, 0.5) is 5.69 Å². The average Bonchev–Trinajstić information content (AvgIpc) is 3.03. The second-order valence-corrected chi connectivity index (χ2v) is 7.67. The molecular formula is C25H22ClN3O3. The molecule has 0 spiro atoms. The summed E-state index contributed by atoms with van der Waals surface area (Å²) < 4.78 is 5.51. The van der Waals surface area contributed by atoms with Crippen molar-refractivity contribution in [1.29, 1.82) is 0 Å². The number of aromatic nitrogens is 1. The Balaban J connectivity index is 1.75. The van der Waals surface area contributed by atoms with Gasteiger partial charge >= 0.3 is 0 Å². The van der Waals surface area contributed by atoms with Crippen molar-refractivity contribution in [2.45, 2.75) is 20.4 Å². The number of imide groups is 1. The maximum Gasteiger partial charge on any atom is 0.278 e. The summed E-state index contributed by atoms with van der Waals surface area (Å²) in [6, 6.07) is 17.9. The smallest absolute Gasteiger partial charge is 0.278 e. The van der Waals surface area contributed by atoms with Crippen molar-refractivity contribution in [2.24, 2.45) is 0 Å². The van der Waals surface area contributed by atoms with Crippen LogP contribution >= 0.6 is 11.6 Å². The van der Waals surface area contributed by atoms with Crippen LogP contribution in [0.3, 0.4) is 0 Å². The van der Waals surface area contributed by atoms with Gasteiger partial charge in [0.05, 0.1) is 24.4 Å². The Morgan fingerprint density at radius 3 is 2.47 bits per heavy atom. The first-order valence-corrected chi connectivity index (χ1v) is 10.6. The van der Waals surface area contributed by atoms with Gasteiger partial charge in [-0.2, -0.15) is 0 Å². The van der Waals surface area contributed by atoms with Crippen molar-refractivity contribution in [3.05, 3.63) is 94.4 Å². The second-order valence-electron chi connectivity index (χ2n) is 7.26. The van der Waals surface area contributed by atoms with Crippen LogP contribution in [-0.4, -0.2) is 28.3 Å². The van der Waals surface area contributed by atoms with Crippen LogP contribution in [0.1, 0.15) is 23.7 Å². The van der Waals surface area contributed by atoms with Crippen molar-refractivity contribution in [1.82, 2.24) is 9.88 Å². The van der Waals surface area contributed by atoms with Gasteiger partial charge in [0.25, 0.3) is 11.8 Å². The van der Waals surface area contributed by atoms with E-state index in [1.807, 2.05) is 26.0 Å². The minimum absolute atomic E-state index is 0.0821. The van der Waals surface area contributed by atoms with Crippen LogP contribution in [0.25, 0.3) is 5.57 Å². The molecule has 2 amide bonds. The molecule has 1 aliphatic rings. The number of anilines is 1. The SMILES string of the molecule is CCOc1ccc(C2=C(Nc3cccc(Cl)c3C)C(=O)N(Cc3ccccn3)C2=O)cc1. The third-order valence-electron chi connectivity index (χ3n) is 5.20. The highest BCUT2D eigenvalue weighted by molar-refractivity contribution is 6.36.